The van der Waals surface area contributed by atoms with Crippen molar-refractivity contribution in [2.75, 3.05) is 38.5 Å². The number of hydrogen-bond donors (Lipinski definition) is 0. The zero-order valence-corrected chi connectivity index (χ0v) is 17.3. The van der Waals surface area contributed by atoms with Crippen LogP contribution in [0.5, 0.6) is 0 Å². The molecule has 0 spiro atoms. The van der Waals surface area contributed by atoms with Gasteiger partial charge in [-0.25, -0.2) is 9.48 Å². The van der Waals surface area contributed by atoms with Gasteiger partial charge in [0, 0.05) is 26.2 Å². The smallest absolute Gasteiger partial charge is 0.409 e. The molecule has 0 saturated carbocycles. The average Bonchev–Trinajstić information content (AvgIpc) is 3.08. The van der Waals surface area contributed by atoms with Crippen LogP contribution in [-0.4, -0.2) is 70.1 Å². The summed E-state index contributed by atoms with van der Waals surface area (Å²) in [6.45, 7) is 4.17. The number of amides is 2. The monoisotopic (exact) mass is 424 g/mol. The van der Waals surface area contributed by atoms with Gasteiger partial charge in [-0.15, -0.1) is 5.10 Å². The Morgan fingerprint density at radius 3 is 2.52 bits per heavy atom. The van der Waals surface area contributed by atoms with Gasteiger partial charge in [0.1, 0.15) is 0 Å². The predicted molar refractivity (Wildman–Crippen MR) is 108 cm³/mol. The van der Waals surface area contributed by atoms with Gasteiger partial charge in [0.15, 0.2) is 8.29 Å². The fraction of sp³-hybridized carbons (Fsp3) is 0.412. The van der Waals surface area contributed by atoms with Crippen LogP contribution in [0, 0.1) is 3.95 Å². The molecule has 2 amide bonds. The molecule has 0 N–H and O–H groups in total. The van der Waals surface area contributed by atoms with Crippen LogP contribution in [0.15, 0.2) is 34.7 Å². The normalized spacial score (nSPS) is 14.3. The lowest BCUT2D eigenvalue weighted by Gasteiger charge is -2.33. The Hall–Kier alpha value is -1.91. The maximum Gasteiger partial charge on any atom is 0.409 e. The molecule has 0 bridgehead atoms. The van der Waals surface area contributed by atoms with Crippen LogP contribution < -0.4 is 0 Å². The van der Waals surface area contributed by atoms with Crippen LogP contribution in [0.4, 0.5) is 4.79 Å². The highest BCUT2D eigenvalue weighted by Crippen LogP contribution is 2.24. The number of aromatic nitrogens is 2. The first kappa shape index (κ1) is 19.8. The molecule has 2 aromatic rings. The molecule has 1 aromatic heterocycles. The molecule has 1 aromatic carbocycles. The quantitative estimate of drug-likeness (QED) is 0.543. The van der Waals surface area contributed by atoms with E-state index < -0.39 is 0 Å². The van der Waals surface area contributed by atoms with Gasteiger partial charge in [0.25, 0.3) is 0 Å². The van der Waals surface area contributed by atoms with Gasteiger partial charge in [0.05, 0.1) is 18.0 Å². The Morgan fingerprint density at radius 2 is 1.85 bits per heavy atom. The van der Waals surface area contributed by atoms with Crippen LogP contribution in [0.3, 0.4) is 0 Å². The Morgan fingerprint density at radius 1 is 1.19 bits per heavy atom. The Bertz CT molecular complexity index is 845. The summed E-state index contributed by atoms with van der Waals surface area (Å²) in [5.74, 6) is 0.340. The highest BCUT2D eigenvalue weighted by molar-refractivity contribution is 8.01. The first-order chi connectivity index (χ1) is 13.1. The van der Waals surface area contributed by atoms with E-state index in [9.17, 15) is 9.59 Å². The Balaban J connectivity index is 1.52. The van der Waals surface area contributed by atoms with Crippen LogP contribution in [0.1, 0.15) is 6.92 Å². The number of para-hydroxylation sites is 1. The molecule has 10 heteroatoms. The van der Waals surface area contributed by atoms with Gasteiger partial charge in [-0.3, -0.25) is 4.79 Å². The lowest BCUT2D eigenvalue weighted by atomic mass is 10.3. The molecule has 3 rings (SSSR count). The fourth-order valence-electron chi connectivity index (χ4n) is 2.62. The van der Waals surface area contributed by atoms with Crippen molar-refractivity contribution >= 4 is 47.3 Å². The number of ether oxygens (including phenoxy) is 1. The molecule has 1 saturated heterocycles. The second kappa shape index (κ2) is 9.34. The number of piperazine rings is 1. The average molecular weight is 425 g/mol. The van der Waals surface area contributed by atoms with Gasteiger partial charge >= 0.3 is 6.09 Å². The highest BCUT2D eigenvalue weighted by atomic mass is 32.2. The first-order valence-corrected chi connectivity index (χ1v) is 10.8. The van der Waals surface area contributed by atoms with Gasteiger partial charge in [-0.05, 0) is 31.3 Å². The molecule has 27 heavy (non-hydrogen) atoms. The van der Waals surface area contributed by atoms with E-state index in [2.05, 4.69) is 5.10 Å². The van der Waals surface area contributed by atoms with Crippen molar-refractivity contribution < 1.29 is 14.3 Å². The van der Waals surface area contributed by atoms with E-state index in [1.165, 1.54) is 23.1 Å². The second-order valence-electron chi connectivity index (χ2n) is 5.74. The molecule has 1 aliphatic heterocycles. The van der Waals surface area contributed by atoms with Crippen LogP contribution in [0.25, 0.3) is 5.69 Å². The topological polar surface area (TPSA) is 67.7 Å². The molecule has 1 aliphatic rings. The van der Waals surface area contributed by atoms with E-state index in [1.54, 1.807) is 21.4 Å². The first-order valence-electron chi connectivity index (χ1n) is 8.56. The van der Waals surface area contributed by atoms with E-state index in [0.717, 1.165) is 10.0 Å². The number of thioether (sulfide) groups is 1. The second-order valence-corrected chi connectivity index (χ2v) is 8.58. The lowest BCUT2D eigenvalue weighted by Crippen LogP contribution is -2.51. The van der Waals surface area contributed by atoms with Crippen molar-refractivity contribution in [2.24, 2.45) is 0 Å². The van der Waals surface area contributed by atoms with Crippen LogP contribution in [0.2, 0.25) is 0 Å². The van der Waals surface area contributed by atoms with Crippen molar-refractivity contribution in [1.29, 1.82) is 0 Å². The van der Waals surface area contributed by atoms with Crippen molar-refractivity contribution in [3.05, 3.63) is 34.3 Å². The van der Waals surface area contributed by atoms with Crippen molar-refractivity contribution in [2.45, 2.75) is 11.3 Å². The zero-order valence-electron chi connectivity index (χ0n) is 14.9. The van der Waals surface area contributed by atoms with Crippen LogP contribution in [-0.2, 0) is 9.53 Å². The maximum atomic E-state index is 12.4. The molecule has 144 valence electrons. The molecule has 0 unspecified atom stereocenters. The summed E-state index contributed by atoms with van der Waals surface area (Å²) < 4.78 is 8.12. The Kier molecular flexibility index (Phi) is 6.86. The van der Waals surface area contributed by atoms with E-state index >= 15 is 0 Å². The summed E-state index contributed by atoms with van der Waals surface area (Å²) in [6.07, 6.45) is -0.315. The van der Waals surface area contributed by atoms with E-state index in [4.69, 9.17) is 17.0 Å². The molecular weight excluding hydrogens is 404 g/mol. The van der Waals surface area contributed by atoms with Crippen molar-refractivity contribution in [3.63, 3.8) is 0 Å². The fourth-order valence-corrected chi connectivity index (χ4v) is 4.88. The van der Waals surface area contributed by atoms with Gasteiger partial charge < -0.3 is 14.5 Å². The van der Waals surface area contributed by atoms with Crippen molar-refractivity contribution in [1.82, 2.24) is 19.6 Å². The van der Waals surface area contributed by atoms with Crippen molar-refractivity contribution in [3.8, 4) is 5.69 Å². The molecule has 0 atom stereocenters. The number of rotatable bonds is 5. The molecule has 7 nitrogen and oxygen atoms in total. The van der Waals surface area contributed by atoms with Crippen LogP contribution >= 0.6 is 35.3 Å². The number of carbonyl (C=O) groups is 2. The SMILES string of the molecule is CCOC(=O)N1CCN(C(=O)CSc2nn(-c3ccccc3)c(=S)s2)CC1. The zero-order chi connectivity index (χ0) is 19.2. The summed E-state index contributed by atoms with van der Waals surface area (Å²) in [5.41, 5.74) is 0.909. The number of hydrogen-bond acceptors (Lipinski definition) is 7. The third kappa shape index (κ3) is 5.08. The van der Waals surface area contributed by atoms with E-state index in [1.807, 2.05) is 30.3 Å². The maximum absolute atomic E-state index is 12.4. The summed E-state index contributed by atoms with van der Waals surface area (Å²) in [4.78, 5) is 27.6. The standard InChI is InChI=1S/C17H20N4O3S3/c1-2-24-16(23)20-10-8-19(9-11-20)14(22)12-26-15-18-21(17(25)27-15)13-6-4-3-5-7-13/h3-7H,2,8-12H2,1H3. The number of benzene rings is 1. The Labute approximate surface area is 170 Å². The molecule has 2 heterocycles. The summed E-state index contributed by atoms with van der Waals surface area (Å²) >= 11 is 8.17. The number of carbonyl (C=O) groups excluding carboxylic acids is 2. The largest absolute Gasteiger partial charge is 0.450 e. The predicted octanol–water partition coefficient (Wildman–Crippen LogP) is 3.06. The van der Waals surface area contributed by atoms with E-state index in [-0.39, 0.29) is 12.0 Å². The third-order valence-corrected chi connectivity index (χ3v) is 6.36. The summed E-state index contributed by atoms with van der Waals surface area (Å²) in [6, 6.07) is 9.69. The molecular formula is C17H20N4O3S3. The van der Waals surface area contributed by atoms with Gasteiger partial charge in [-0.1, -0.05) is 41.3 Å². The third-order valence-electron chi connectivity index (χ3n) is 4.01. The van der Waals surface area contributed by atoms with E-state index in [0.29, 0.717) is 42.5 Å². The molecule has 0 aliphatic carbocycles. The van der Waals surface area contributed by atoms with Gasteiger partial charge in [-0.2, -0.15) is 0 Å². The lowest BCUT2D eigenvalue weighted by molar-refractivity contribution is -0.129. The summed E-state index contributed by atoms with van der Waals surface area (Å²) in [7, 11) is 0. The minimum absolute atomic E-state index is 0.0379. The minimum Gasteiger partial charge on any atom is -0.450 e. The summed E-state index contributed by atoms with van der Waals surface area (Å²) in [5, 5.41) is 4.51. The molecule has 1 fully saturated rings. The number of nitrogens with zero attached hydrogens (tertiary/aromatic N) is 4. The molecule has 0 radical (unpaired) electrons. The minimum atomic E-state index is -0.315. The van der Waals surface area contributed by atoms with Gasteiger partial charge in [0.2, 0.25) is 5.91 Å². The highest BCUT2D eigenvalue weighted by Gasteiger charge is 2.25.